The predicted molar refractivity (Wildman–Crippen MR) is 82.5 cm³/mol. The maximum absolute atomic E-state index is 5.78. The molecule has 0 saturated heterocycles. The molecule has 1 fully saturated rings. The van der Waals surface area contributed by atoms with Crippen LogP contribution in [-0.2, 0) is 0 Å². The van der Waals surface area contributed by atoms with Gasteiger partial charge in [-0.05, 0) is 68.8 Å². The van der Waals surface area contributed by atoms with Crippen molar-refractivity contribution in [1.29, 1.82) is 0 Å². The van der Waals surface area contributed by atoms with Gasteiger partial charge in [-0.2, -0.15) is 0 Å². The molecule has 1 atom stereocenters. The number of ether oxygens (including phenoxy) is 2. The summed E-state index contributed by atoms with van der Waals surface area (Å²) in [6.07, 6.45) is 6.36. The Hall–Kier alpha value is -1.22. The van der Waals surface area contributed by atoms with Gasteiger partial charge in [-0.1, -0.05) is 6.92 Å². The van der Waals surface area contributed by atoms with Crippen molar-refractivity contribution in [2.24, 2.45) is 5.92 Å². The smallest absolute Gasteiger partial charge is 0.119 e. The first-order valence-corrected chi connectivity index (χ1v) is 7.83. The Morgan fingerprint density at radius 3 is 2.50 bits per heavy atom. The minimum atomic E-state index is 0.703. The highest BCUT2D eigenvalue weighted by Gasteiger charge is 2.29. The molecule has 3 heteroatoms. The van der Waals surface area contributed by atoms with Crippen molar-refractivity contribution in [3.63, 3.8) is 0 Å². The van der Waals surface area contributed by atoms with Crippen molar-refractivity contribution in [1.82, 2.24) is 5.32 Å². The van der Waals surface area contributed by atoms with Crippen LogP contribution in [0.25, 0.3) is 0 Å². The molecule has 1 aliphatic rings. The second kappa shape index (κ2) is 8.15. The summed E-state index contributed by atoms with van der Waals surface area (Å²) in [6.45, 7) is 4.16. The lowest BCUT2D eigenvalue weighted by molar-refractivity contribution is 0.290. The summed E-state index contributed by atoms with van der Waals surface area (Å²) < 4.78 is 10.9. The molecule has 1 aliphatic carbocycles. The SMILES string of the molecule is CCCNC(CCCOc1ccc(OC)cc1)C1CC1. The Labute approximate surface area is 122 Å². The number of hydrogen-bond donors (Lipinski definition) is 1. The van der Waals surface area contributed by atoms with Gasteiger partial charge in [0, 0.05) is 6.04 Å². The van der Waals surface area contributed by atoms with Gasteiger partial charge in [0.2, 0.25) is 0 Å². The summed E-state index contributed by atoms with van der Waals surface area (Å²) in [4.78, 5) is 0. The summed E-state index contributed by atoms with van der Waals surface area (Å²) in [7, 11) is 1.68. The predicted octanol–water partition coefficient (Wildman–Crippen LogP) is 3.63. The van der Waals surface area contributed by atoms with Crippen molar-refractivity contribution < 1.29 is 9.47 Å². The lowest BCUT2D eigenvalue weighted by Crippen LogP contribution is -2.32. The third kappa shape index (κ3) is 5.04. The van der Waals surface area contributed by atoms with Crippen LogP contribution in [0, 0.1) is 5.92 Å². The van der Waals surface area contributed by atoms with Crippen LogP contribution in [0.5, 0.6) is 11.5 Å². The molecule has 1 aromatic rings. The second-order valence-corrected chi connectivity index (χ2v) is 5.56. The lowest BCUT2D eigenvalue weighted by Gasteiger charge is -2.18. The minimum Gasteiger partial charge on any atom is -0.497 e. The van der Waals surface area contributed by atoms with Gasteiger partial charge >= 0.3 is 0 Å². The molecule has 3 nitrogen and oxygen atoms in total. The molecule has 1 N–H and O–H groups in total. The second-order valence-electron chi connectivity index (χ2n) is 5.56. The lowest BCUT2D eigenvalue weighted by atomic mass is 10.1. The molecule has 0 spiro atoms. The van der Waals surface area contributed by atoms with Crippen molar-refractivity contribution in [2.75, 3.05) is 20.3 Å². The van der Waals surface area contributed by atoms with E-state index in [9.17, 15) is 0 Å². The van der Waals surface area contributed by atoms with E-state index in [-0.39, 0.29) is 0 Å². The topological polar surface area (TPSA) is 30.5 Å². The van der Waals surface area contributed by atoms with Crippen LogP contribution in [0.15, 0.2) is 24.3 Å². The van der Waals surface area contributed by atoms with E-state index in [1.165, 1.54) is 25.7 Å². The number of nitrogens with one attached hydrogen (secondary N) is 1. The molecular weight excluding hydrogens is 250 g/mol. The van der Waals surface area contributed by atoms with Crippen molar-refractivity contribution in [3.05, 3.63) is 24.3 Å². The first kappa shape index (κ1) is 15.2. The quantitative estimate of drug-likeness (QED) is 0.662. The van der Waals surface area contributed by atoms with E-state index in [0.717, 1.165) is 37.0 Å². The number of hydrogen-bond acceptors (Lipinski definition) is 3. The highest BCUT2D eigenvalue weighted by molar-refractivity contribution is 5.31. The highest BCUT2D eigenvalue weighted by atomic mass is 16.5. The fraction of sp³-hybridized carbons (Fsp3) is 0.647. The zero-order chi connectivity index (χ0) is 14.2. The van der Waals surface area contributed by atoms with Crippen LogP contribution in [-0.4, -0.2) is 26.3 Å². The average Bonchev–Trinajstić information content (AvgIpc) is 3.32. The molecule has 0 aromatic heterocycles. The van der Waals surface area contributed by atoms with Gasteiger partial charge in [0.1, 0.15) is 11.5 Å². The molecule has 0 radical (unpaired) electrons. The summed E-state index contributed by atoms with van der Waals surface area (Å²) in [6, 6.07) is 8.50. The zero-order valence-electron chi connectivity index (χ0n) is 12.7. The zero-order valence-corrected chi connectivity index (χ0v) is 12.7. The molecule has 0 amide bonds. The summed E-state index contributed by atoms with van der Waals surface area (Å²) in [5, 5.41) is 3.67. The van der Waals surface area contributed by atoms with Crippen LogP contribution in [0.4, 0.5) is 0 Å². The first-order chi connectivity index (χ1) is 9.83. The molecule has 20 heavy (non-hydrogen) atoms. The Balaban J connectivity index is 1.64. The molecule has 0 heterocycles. The van der Waals surface area contributed by atoms with Crippen molar-refractivity contribution >= 4 is 0 Å². The van der Waals surface area contributed by atoms with E-state index in [1.807, 2.05) is 24.3 Å². The highest BCUT2D eigenvalue weighted by Crippen LogP contribution is 2.34. The molecule has 112 valence electrons. The van der Waals surface area contributed by atoms with Crippen molar-refractivity contribution in [2.45, 2.75) is 45.1 Å². The van der Waals surface area contributed by atoms with Crippen LogP contribution >= 0.6 is 0 Å². The van der Waals surface area contributed by atoms with E-state index < -0.39 is 0 Å². The van der Waals surface area contributed by atoms with E-state index in [0.29, 0.717) is 6.04 Å². The van der Waals surface area contributed by atoms with E-state index >= 15 is 0 Å². The third-order valence-corrected chi connectivity index (χ3v) is 3.84. The summed E-state index contributed by atoms with van der Waals surface area (Å²) in [5.41, 5.74) is 0. The minimum absolute atomic E-state index is 0.703. The Bertz CT molecular complexity index is 373. The molecule has 1 unspecified atom stereocenters. The van der Waals surface area contributed by atoms with Gasteiger partial charge in [0.15, 0.2) is 0 Å². The van der Waals surface area contributed by atoms with Crippen LogP contribution in [0.2, 0.25) is 0 Å². The average molecular weight is 277 g/mol. The molecule has 1 aromatic carbocycles. The van der Waals surface area contributed by atoms with Gasteiger partial charge < -0.3 is 14.8 Å². The molecule has 2 rings (SSSR count). The van der Waals surface area contributed by atoms with Crippen LogP contribution < -0.4 is 14.8 Å². The van der Waals surface area contributed by atoms with Gasteiger partial charge in [-0.15, -0.1) is 0 Å². The number of methoxy groups -OCH3 is 1. The maximum Gasteiger partial charge on any atom is 0.119 e. The Kier molecular flexibility index (Phi) is 6.19. The number of benzene rings is 1. The van der Waals surface area contributed by atoms with Gasteiger partial charge in [0.25, 0.3) is 0 Å². The molecule has 0 aliphatic heterocycles. The standard InChI is InChI=1S/C17H27NO2/c1-3-12-18-17(14-6-7-14)5-4-13-20-16-10-8-15(19-2)9-11-16/h8-11,14,17-18H,3-7,12-13H2,1-2H3. The monoisotopic (exact) mass is 277 g/mol. The van der Waals surface area contributed by atoms with Crippen LogP contribution in [0.1, 0.15) is 39.0 Å². The Morgan fingerprint density at radius 1 is 1.20 bits per heavy atom. The molecular formula is C17H27NO2. The molecule has 1 saturated carbocycles. The fourth-order valence-electron chi connectivity index (χ4n) is 2.50. The Morgan fingerprint density at radius 2 is 1.90 bits per heavy atom. The van der Waals surface area contributed by atoms with Gasteiger partial charge in [0.05, 0.1) is 13.7 Å². The van der Waals surface area contributed by atoms with E-state index in [4.69, 9.17) is 9.47 Å². The summed E-state index contributed by atoms with van der Waals surface area (Å²) >= 11 is 0. The third-order valence-electron chi connectivity index (χ3n) is 3.84. The normalized spacial score (nSPS) is 15.9. The largest absolute Gasteiger partial charge is 0.497 e. The van der Waals surface area contributed by atoms with Gasteiger partial charge in [-0.25, -0.2) is 0 Å². The number of rotatable bonds is 10. The summed E-state index contributed by atoms with van der Waals surface area (Å²) in [5.74, 6) is 2.72. The first-order valence-electron chi connectivity index (χ1n) is 7.83. The molecule has 0 bridgehead atoms. The van der Waals surface area contributed by atoms with Crippen molar-refractivity contribution in [3.8, 4) is 11.5 Å². The van der Waals surface area contributed by atoms with E-state index in [1.54, 1.807) is 7.11 Å². The maximum atomic E-state index is 5.78. The van der Waals surface area contributed by atoms with Crippen LogP contribution in [0.3, 0.4) is 0 Å². The van der Waals surface area contributed by atoms with Gasteiger partial charge in [-0.3, -0.25) is 0 Å². The fourth-order valence-corrected chi connectivity index (χ4v) is 2.50. The van der Waals surface area contributed by atoms with E-state index in [2.05, 4.69) is 12.2 Å².